The molecular weight excluding hydrogens is 268 g/mol. The molecule has 1 amide bonds. The Labute approximate surface area is 126 Å². The van der Waals surface area contributed by atoms with Crippen LogP contribution in [0.4, 0.5) is 5.69 Å². The zero-order valence-corrected chi connectivity index (χ0v) is 13.3. The van der Waals surface area contributed by atoms with Crippen LogP contribution in [-0.2, 0) is 4.79 Å². The maximum Gasteiger partial charge on any atom is 0.225 e. The number of benzene rings is 1. The van der Waals surface area contributed by atoms with Gasteiger partial charge >= 0.3 is 0 Å². The Morgan fingerprint density at radius 3 is 2.29 bits per heavy atom. The second-order valence-electron chi connectivity index (χ2n) is 5.50. The molecule has 0 bridgehead atoms. The maximum atomic E-state index is 12.0. The van der Waals surface area contributed by atoms with Gasteiger partial charge in [0.05, 0.1) is 19.9 Å². The summed E-state index contributed by atoms with van der Waals surface area (Å²) in [5, 5.41) is 0. The Hall–Kier alpha value is -1.91. The van der Waals surface area contributed by atoms with E-state index in [2.05, 4.69) is 4.90 Å². The van der Waals surface area contributed by atoms with Crippen molar-refractivity contribution >= 4 is 11.6 Å². The van der Waals surface area contributed by atoms with Crippen molar-refractivity contribution in [2.24, 2.45) is 5.92 Å². The molecule has 5 nitrogen and oxygen atoms in total. The molecule has 1 aromatic rings. The fourth-order valence-electron chi connectivity index (χ4n) is 2.58. The van der Waals surface area contributed by atoms with Crippen LogP contribution in [0.5, 0.6) is 11.5 Å². The molecule has 1 aliphatic heterocycles. The minimum Gasteiger partial charge on any atom is -0.497 e. The molecule has 0 radical (unpaired) electrons. The third-order valence-electron chi connectivity index (χ3n) is 3.81. The molecule has 1 aromatic carbocycles. The summed E-state index contributed by atoms with van der Waals surface area (Å²) in [5.41, 5.74) is 1.05. The molecule has 21 heavy (non-hydrogen) atoms. The Kier molecular flexibility index (Phi) is 4.94. The number of carbonyl (C=O) groups is 1. The smallest absolute Gasteiger partial charge is 0.225 e. The zero-order valence-electron chi connectivity index (χ0n) is 13.3. The Morgan fingerprint density at radius 2 is 1.76 bits per heavy atom. The minimum atomic E-state index is 0.0621. The van der Waals surface area contributed by atoms with Crippen LogP contribution in [0.15, 0.2) is 18.2 Å². The van der Waals surface area contributed by atoms with Crippen molar-refractivity contribution in [3.63, 3.8) is 0 Å². The van der Waals surface area contributed by atoms with Crippen LogP contribution in [0.1, 0.15) is 13.8 Å². The number of anilines is 1. The molecule has 1 fully saturated rings. The predicted molar refractivity (Wildman–Crippen MR) is 83.2 cm³/mol. The number of piperazine rings is 1. The predicted octanol–water partition coefficient (Wildman–Crippen LogP) is 2.01. The Morgan fingerprint density at radius 1 is 1.10 bits per heavy atom. The van der Waals surface area contributed by atoms with Crippen LogP contribution < -0.4 is 14.4 Å². The third kappa shape index (κ3) is 3.40. The van der Waals surface area contributed by atoms with Gasteiger partial charge in [-0.05, 0) is 12.1 Å². The summed E-state index contributed by atoms with van der Waals surface area (Å²) in [7, 11) is 3.31. The van der Waals surface area contributed by atoms with Crippen molar-refractivity contribution in [3.05, 3.63) is 18.2 Å². The number of nitrogens with zero attached hydrogens (tertiary/aromatic N) is 2. The Bertz CT molecular complexity index is 494. The highest BCUT2D eigenvalue weighted by atomic mass is 16.5. The lowest BCUT2D eigenvalue weighted by atomic mass is 10.1. The van der Waals surface area contributed by atoms with Gasteiger partial charge in [0.25, 0.3) is 0 Å². The van der Waals surface area contributed by atoms with Crippen molar-refractivity contribution in [1.82, 2.24) is 4.90 Å². The topological polar surface area (TPSA) is 42.0 Å². The fourth-order valence-corrected chi connectivity index (χ4v) is 2.58. The van der Waals surface area contributed by atoms with Crippen LogP contribution in [0.25, 0.3) is 0 Å². The van der Waals surface area contributed by atoms with Gasteiger partial charge in [-0.1, -0.05) is 13.8 Å². The molecule has 0 atom stereocenters. The summed E-state index contributed by atoms with van der Waals surface area (Å²) in [6.07, 6.45) is 0. The van der Waals surface area contributed by atoms with E-state index >= 15 is 0 Å². The first-order valence-corrected chi connectivity index (χ1v) is 7.32. The van der Waals surface area contributed by atoms with Crippen molar-refractivity contribution in [2.75, 3.05) is 45.3 Å². The van der Waals surface area contributed by atoms with Crippen molar-refractivity contribution < 1.29 is 14.3 Å². The number of methoxy groups -OCH3 is 2. The molecule has 0 spiro atoms. The lowest BCUT2D eigenvalue weighted by Crippen LogP contribution is -2.50. The van der Waals surface area contributed by atoms with Gasteiger partial charge in [0.2, 0.25) is 5.91 Å². The van der Waals surface area contributed by atoms with Gasteiger partial charge in [0.15, 0.2) is 0 Å². The van der Waals surface area contributed by atoms with E-state index in [4.69, 9.17) is 9.47 Å². The molecule has 1 saturated heterocycles. The first-order valence-electron chi connectivity index (χ1n) is 7.32. The van der Waals surface area contributed by atoms with E-state index in [1.165, 1.54) is 0 Å². The normalized spacial score (nSPS) is 15.3. The van der Waals surface area contributed by atoms with E-state index < -0.39 is 0 Å². The van der Waals surface area contributed by atoms with Crippen LogP contribution >= 0.6 is 0 Å². The van der Waals surface area contributed by atoms with E-state index in [-0.39, 0.29) is 11.8 Å². The highest BCUT2D eigenvalue weighted by Crippen LogP contribution is 2.32. The molecular formula is C16H24N2O3. The number of hydrogen-bond acceptors (Lipinski definition) is 4. The number of ether oxygens (including phenoxy) is 2. The lowest BCUT2D eigenvalue weighted by molar-refractivity contribution is -0.134. The van der Waals surface area contributed by atoms with E-state index in [1.54, 1.807) is 14.2 Å². The van der Waals surface area contributed by atoms with Crippen molar-refractivity contribution in [2.45, 2.75) is 13.8 Å². The fraction of sp³-hybridized carbons (Fsp3) is 0.562. The largest absolute Gasteiger partial charge is 0.497 e. The summed E-state index contributed by atoms with van der Waals surface area (Å²) in [4.78, 5) is 16.2. The third-order valence-corrected chi connectivity index (χ3v) is 3.81. The van der Waals surface area contributed by atoms with Gasteiger partial charge in [0, 0.05) is 38.2 Å². The Balaban J connectivity index is 2.07. The van der Waals surface area contributed by atoms with E-state index in [9.17, 15) is 4.79 Å². The maximum absolute atomic E-state index is 12.0. The van der Waals surface area contributed by atoms with E-state index in [0.29, 0.717) is 0 Å². The van der Waals surface area contributed by atoms with Crippen LogP contribution in [0.3, 0.4) is 0 Å². The number of carbonyl (C=O) groups excluding carboxylic acids is 1. The highest BCUT2D eigenvalue weighted by molar-refractivity contribution is 5.78. The summed E-state index contributed by atoms with van der Waals surface area (Å²) in [6, 6.07) is 5.84. The lowest BCUT2D eigenvalue weighted by Gasteiger charge is -2.37. The van der Waals surface area contributed by atoms with Crippen LogP contribution in [0.2, 0.25) is 0 Å². The van der Waals surface area contributed by atoms with Gasteiger partial charge < -0.3 is 19.3 Å². The SMILES string of the molecule is COc1ccc(N2CCN(C(=O)C(C)C)CC2)c(OC)c1. The molecule has 0 unspecified atom stereocenters. The van der Waals surface area contributed by atoms with Crippen molar-refractivity contribution in [3.8, 4) is 11.5 Å². The first-order chi connectivity index (χ1) is 10.1. The summed E-state index contributed by atoms with van der Waals surface area (Å²) < 4.78 is 10.7. The van der Waals surface area contributed by atoms with Crippen molar-refractivity contribution in [1.29, 1.82) is 0 Å². The van der Waals surface area contributed by atoms with E-state index in [0.717, 1.165) is 43.4 Å². The van der Waals surface area contributed by atoms with Gasteiger partial charge in [0.1, 0.15) is 11.5 Å². The van der Waals surface area contributed by atoms with Gasteiger partial charge in [-0.25, -0.2) is 0 Å². The van der Waals surface area contributed by atoms with Gasteiger partial charge in [-0.15, -0.1) is 0 Å². The zero-order chi connectivity index (χ0) is 15.4. The monoisotopic (exact) mass is 292 g/mol. The molecule has 1 heterocycles. The summed E-state index contributed by atoms with van der Waals surface area (Å²) in [6.45, 7) is 7.04. The second-order valence-corrected chi connectivity index (χ2v) is 5.50. The number of hydrogen-bond donors (Lipinski definition) is 0. The summed E-state index contributed by atoms with van der Waals surface area (Å²) in [5.74, 6) is 1.88. The molecule has 5 heteroatoms. The molecule has 1 aliphatic rings. The quantitative estimate of drug-likeness (QED) is 0.851. The average Bonchev–Trinajstić information content (AvgIpc) is 2.53. The number of rotatable bonds is 4. The molecule has 0 aromatic heterocycles. The molecule has 2 rings (SSSR count). The van der Waals surface area contributed by atoms with Crippen LogP contribution in [0, 0.1) is 5.92 Å². The van der Waals surface area contributed by atoms with Gasteiger partial charge in [-0.2, -0.15) is 0 Å². The molecule has 0 aliphatic carbocycles. The molecule has 0 saturated carbocycles. The van der Waals surface area contributed by atoms with Crippen LogP contribution in [-0.4, -0.2) is 51.2 Å². The molecule has 116 valence electrons. The van der Waals surface area contributed by atoms with Gasteiger partial charge in [-0.3, -0.25) is 4.79 Å². The first kappa shape index (κ1) is 15.5. The molecule has 0 N–H and O–H groups in total. The summed E-state index contributed by atoms with van der Waals surface area (Å²) >= 11 is 0. The number of amides is 1. The minimum absolute atomic E-state index is 0.0621. The highest BCUT2D eigenvalue weighted by Gasteiger charge is 2.24. The second kappa shape index (κ2) is 6.70. The standard InChI is InChI=1S/C16H24N2O3/c1-12(2)16(19)18-9-7-17(8-10-18)14-6-5-13(20-3)11-15(14)21-4/h5-6,11-12H,7-10H2,1-4H3. The average molecular weight is 292 g/mol. The van der Waals surface area contributed by atoms with E-state index in [1.807, 2.05) is 36.9 Å².